The first-order chi connectivity index (χ1) is 10.7. The van der Waals surface area contributed by atoms with E-state index < -0.39 is 0 Å². The molecule has 22 heavy (non-hydrogen) atoms. The second-order valence-electron chi connectivity index (χ2n) is 5.54. The zero-order valence-electron chi connectivity index (χ0n) is 12.8. The molecule has 0 atom stereocenters. The van der Waals surface area contributed by atoms with Crippen molar-refractivity contribution in [1.82, 2.24) is 10.2 Å². The summed E-state index contributed by atoms with van der Waals surface area (Å²) in [5.74, 6) is 0.247. The molecule has 0 aromatic heterocycles. The van der Waals surface area contributed by atoms with Crippen LogP contribution in [-0.2, 0) is 11.3 Å². The molecular formula is C17H23FN2O2. The van der Waals surface area contributed by atoms with Crippen LogP contribution in [0.3, 0.4) is 0 Å². The molecule has 1 aliphatic rings. The van der Waals surface area contributed by atoms with Crippen LogP contribution in [0.1, 0.15) is 18.4 Å². The second kappa shape index (κ2) is 8.54. The molecule has 5 heteroatoms. The molecule has 1 aromatic rings. The van der Waals surface area contributed by atoms with E-state index in [1.165, 1.54) is 12.1 Å². The van der Waals surface area contributed by atoms with Gasteiger partial charge in [0.1, 0.15) is 5.82 Å². The molecule has 1 N–H and O–H groups in total. The lowest BCUT2D eigenvalue weighted by Gasteiger charge is -2.31. The summed E-state index contributed by atoms with van der Waals surface area (Å²) in [6.07, 6.45) is 3.67. The minimum atomic E-state index is -0.268. The lowest BCUT2D eigenvalue weighted by Crippen LogP contribution is -2.44. The Morgan fingerprint density at radius 2 is 2.05 bits per heavy atom. The quantitative estimate of drug-likeness (QED) is 0.648. The Labute approximate surface area is 131 Å². The first kappa shape index (κ1) is 16.5. The SMILES string of the molecule is C=CCOCC1CCN(C(=O)NCc2ccc(F)cc2)CC1. The fourth-order valence-corrected chi connectivity index (χ4v) is 2.51. The standard InChI is InChI=1S/C17H23FN2O2/c1-2-11-22-13-15-7-9-20(10-8-15)17(21)19-12-14-3-5-16(18)6-4-14/h2-6,15H,1,7-13H2,(H,19,21). The number of carbonyl (C=O) groups excluding carboxylic acids is 1. The van der Waals surface area contributed by atoms with Gasteiger partial charge < -0.3 is 15.0 Å². The van der Waals surface area contributed by atoms with Crippen LogP contribution >= 0.6 is 0 Å². The van der Waals surface area contributed by atoms with E-state index in [4.69, 9.17) is 4.74 Å². The molecule has 1 saturated heterocycles. The molecule has 0 aliphatic carbocycles. The Morgan fingerprint density at radius 3 is 2.68 bits per heavy atom. The summed E-state index contributed by atoms with van der Waals surface area (Å²) in [6, 6.07) is 6.10. The third kappa shape index (κ3) is 5.15. The van der Waals surface area contributed by atoms with Crippen LogP contribution in [0.15, 0.2) is 36.9 Å². The van der Waals surface area contributed by atoms with Crippen LogP contribution in [0.4, 0.5) is 9.18 Å². The van der Waals surface area contributed by atoms with Gasteiger partial charge in [0.05, 0.1) is 6.61 Å². The molecule has 1 aromatic carbocycles. The van der Waals surface area contributed by atoms with Crippen molar-refractivity contribution in [3.05, 3.63) is 48.3 Å². The van der Waals surface area contributed by atoms with Crippen molar-refractivity contribution in [3.63, 3.8) is 0 Å². The van der Waals surface area contributed by atoms with Crippen molar-refractivity contribution in [1.29, 1.82) is 0 Å². The Bertz CT molecular complexity index is 482. The average molecular weight is 306 g/mol. The summed E-state index contributed by atoms with van der Waals surface area (Å²) in [7, 11) is 0. The predicted molar refractivity (Wildman–Crippen MR) is 83.9 cm³/mol. The van der Waals surface area contributed by atoms with Gasteiger partial charge in [-0.25, -0.2) is 9.18 Å². The highest BCUT2D eigenvalue weighted by Crippen LogP contribution is 2.17. The molecule has 120 valence electrons. The van der Waals surface area contributed by atoms with Gasteiger partial charge >= 0.3 is 6.03 Å². The van der Waals surface area contributed by atoms with Gasteiger partial charge in [-0.1, -0.05) is 18.2 Å². The van der Waals surface area contributed by atoms with Crippen molar-refractivity contribution < 1.29 is 13.9 Å². The van der Waals surface area contributed by atoms with E-state index in [1.807, 2.05) is 4.90 Å². The molecule has 0 spiro atoms. The molecule has 2 rings (SSSR count). The van der Waals surface area contributed by atoms with Crippen molar-refractivity contribution in [2.75, 3.05) is 26.3 Å². The van der Waals surface area contributed by atoms with Crippen molar-refractivity contribution in [3.8, 4) is 0 Å². The van der Waals surface area contributed by atoms with Crippen molar-refractivity contribution in [2.24, 2.45) is 5.92 Å². The van der Waals surface area contributed by atoms with E-state index >= 15 is 0 Å². The summed E-state index contributed by atoms with van der Waals surface area (Å²) in [5.41, 5.74) is 0.891. The average Bonchev–Trinajstić information content (AvgIpc) is 2.55. The number of piperidine rings is 1. The summed E-state index contributed by atoms with van der Waals surface area (Å²) < 4.78 is 18.3. The first-order valence-electron chi connectivity index (χ1n) is 7.65. The number of rotatable bonds is 6. The molecule has 1 aliphatic heterocycles. The van der Waals surface area contributed by atoms with Gasteiger partial charge in [-0.2, -0.15) is 0 Å². The van der Waals surface area contributed by atoms with Crippen LogP contribution in [0, 0.1) is 11.7 Å². The van der Waals surface area contributed by atoms with E-state index in [-0.39, 0.29) is 11.8 Å². The van der Waals surface area contributed by atoms with Gasteiger partial charge in [0, 0.05) is 26.2 Å². The van der Waals surface area contributed by atoms with E-state index in [9.17, 15) is 9.18 Å². The number of nitrogens with one attached hydrogen (secondary N) is 1. The fourth-order valence-electron chi connectivity index (χ4n) is 2.51. The maximum atomic E-state index is 12.8. The number of nitrogens with zero attached hydrogens (tertiary/aromatic N) is 1. The first-order valence-corrected chi connectivity index (χ1v) is 7.65. The van der Waals surface area contributed by atoms with E-state index in [0.717, 1.165) is 38.1 Å². The fraction of sp³-hybridized carbons (Fsp3) is 0.471. The molecule has 1 heterocycles. The monoisotopic (exact) mass is 306 g/mol. The maximum Gasteiger partial charge on any atom is 0.317 e. The highest BCUT2D eigenvalue weighted by atomic mass is 19.1. The number of ether oxygens (including phenoxy) is 1. The van der Waals surface area contributed by atoms with E-state index in [1.54, 1.807) is 18.2 Å². The maximum absolute atomic E-state index is 12.8. The topological polar surface area (TPSA) is 41.6 Å². The Morgan fingerprint density at radius 1 is 1.36 bits per heavy atom. The Hall–Kier alpha value is -1.88. The zero-order valence-corrected chi connectivity index (χ0v) is 12.8. The van der Waals surface area contributed by atoms with Crippen LogP contribution in [0.25, 0.3) is 0 Å². The predicted octanol–water partition coefficient (Wildman–Crippen LogP) is 2.95. The van der Waals surface area contributed by atoms with Crippen molar-refractivity contribution >= 4 is 6.03 Å². The number of urea groups is 1. The van der Waals surface area contributed by atoms with E-state index in [0.29, 0.717) is 19.1 Å². The number of benzene rings is 1. The Balaban J connectivity index is 1.68. The van der Waals surface area contributed by atoms with Gasteiger partial charge in [-0.3, -0.25) is 0 Å². The third-order valence-electron chi connectivity index (χ3n) is 3.85. The third-order valence-corrected chi connectivity index (χ3v) is 3.85. The van der Waals surface area contributed by atoms with Gasteiger partial charge in [0.2, 0.25) is 0 Å². The van der Waals surface area contributed by atoms with Gasteiger partial charge in [-0.05, 0) is 36.5 Å². The summed E-state index contributed by atoms with van der Waals surface area (Å²) in [4.78, 5) is 13.9. The van der Waals surface area contributed by atoms with E-state index in [2.05, 4.69) is 11.9 Å². The minimum absolute atomic E-state index is 0.0604. The summed E-state index contributed by atoms with van der Waals surface area (Å²) in [5, 5.41) is 2.88. The van der Waals surface area contributed by atoms with Gasteiger partial charge in [0.15, 0.2) is 0 Å². The number of hydrogen-bond acceptors (Lipinski definition) is 2. The van der Waals surface area contributed by atoms with Crippen LogP contribution in [-0.4, -0.2) is 37.2 Å². The highest BCUT2D eigenvalue weighted by Gasteiger charge is 2.22. The van der Waals surface area contributed by atoms with Crippen LogP contribution < -0.4 is 5.32 Å². The molecule has 4 nitrogen and oxygen atoms in total. The molecule has 2 amide bonds. The molecule has 1 fully saturated rings. The van der Waals surface area contributed by atoms with Gasteiger partial charge in [-0.15, -0.1) is 6.58 Å². The van der Waals surface area contributed by atoms with Crippen LogP contribution in [0.2, 0.25) is 0 Å². The van der Waals surface area contributed by atoms with Gasteiger partial charge in [0.25, 0.3) is 0 Å². The lowest BCUT2D eigenvalue weighted by atomic mass is 9.98. The molecule has 0 saturated carbocycles. The summed E-state index contributed by atoms with van der Waals surface area (Å²) >= 11 is 0. The number of halogens is 1. The minimum Gasteiger partial charge on any atom is -0.377 e. The number of amides is 2. The normalized spacial score (nSPS) is 15.6. The molecule has 0 unspecified atom stereocenters. The number of hydrogen-bond donors (Lipinski definition) is 1. The molecule has 0 radical (unpaired) electrons. The lowest BCUT2D eigenvalue weighted by molar-refractivity contribution is 0.0886. The Kier molecular flexibility index (Phi) is 6.40. The van der Waals surface area contributed by atoms with Crippen molar-refractivity contribution in [2.45, 2.75) is 19.4 Å². The molecule has 0 bridgehead atoms. The highest BCUT2D eigenvalue weighted by molar-refractivity contribution is 5.74. The number of likely N-dealkylation sites (tertiary alicyclic amines) is 1. The number of carbonyl (C=O) groups is 1. The van der Waals surface area contributed by atoms with Crippen LogP contribution in [0.5, 0.6) is 0 Å². The molecular weight excluding hydrogens is 283 g/mol. The summed E-state index contributed by atoms with van der Waals surface area (Å²) in [6.45, 7) is 6.85. The second-order valence-corrected chi connectivity index (χ2v) is 5.54. The largest absolute Gasteiger partial charge is 0.377 e. The smallest absolute Gasteiger partial charge is 0.317 e. The zero-order chi connectivity index (χ0) is 15.8.